The number of carbonyl (C=O) groups is 2. The van der Waals surface area contributed by atoms with Gasteiger partial charge in [0.05, 0.1) is 0 Å². The zero-order valence-corrected chi connectivity index (χ0v) is 6.73. The van der Waals surface area contributed by atoms with Crippen LogP contribution in [0.15, 0.2) is 0 Å². The van der Waals surface area contributed by atoms with Crippen molar-refractivity contribution in [1.29, 1.82) is 0 Å². The summed E-state index contributed by atoms with van der Waals surface area (Å²) in [7, 11) is 1.53. The fourth-order valence-corrected chi connectivity index (χ4v) is 1.54. The molecular formula is C7H11NO4. The van der Waals surface area contributed by atoms with Crippen LogP contribution in [-0.2, 0) is 9.59 Å². The molecule has 68 valence electrons. The van der Waals surface area contributed by atoms with Gasteiger partial charge >= 0.3 is 11.9 Å². The lowest BCUT2D eigenvalue weighted by Gasteiger charge is -2.19. The van der Waals surface area contributed by atoms with E-state index in [1.165, 1.54) is 11.9 Å². The number of hydrogen-bond acceptors (Lipinski definition) is 3. The van der Waals surface area contributed by atoms with Gasteiger partial charge in [-0.1, -0.05) is 0 Å². The van der Waals surface area contributed by atoms with E-state index in [2.05, 4.69) is 0 Å². The molecule has 1 aliphatic rings. The van der Waals surface area contributed by atoms with E-state index in [1.54, 1.807) is 0 Å². The minimum Gasteiger partial charge on any atom is -0.480 e. The first-order valence-corrected chi connectivity index (χ1v) is 3.71. The van der Waals surface area contributed by atoms with Gasteiger partial charge in [-0.3, -0.25) is 14.5 Å². The minimum atomic E-state index is -0.943. The molecule has 1 saturated heterocycles. The van der Waals surface area contributed by atoms with Crippen LogP contribution in [-0.4, -0.2) is 46.2 Å². The van der Waals surface area contributed by atoms with Gasteiger partial charge in [-0.25, -0.2) is 0 Å². The fraction of sp³-hybridized carbons (Fsp3) is 0.714. The van der Waals surface area contributed by atoms with Crippen LogP contribution in [0.3, 0.4) is 0 Å². The van der Waals surface area contributed by atoms with Crippen LogP contribution in [0.5, 0.6) is 0 Å². The molecule has 0 aromatic carbocycles. The maximum absolute atomic E-state index is 10.5. The maximum Gasteiger partial charge on any atom is 0.320 e. The quantitative estimate of drug-likeness (QED) is 0.595. The largest absolute Gasteiger partial charge is 0.480 e. The van der Waals surface area contributed by atoms with E-state index in [0.29, 0.717) is 12.8 Å². The molecule has 0 aromatic rings. The van der Waals surface area contributed by atoms with Crippen molar-refractivity contribution in [2.24, 2.45) is 0 Å². The SMILES string of the molecule is CN1C(C(=O)O)CCC1C(=O)O. The van der Waals surface area contributed by atoms with E-state index in [9.17, 15) is 9.59 Å². The summed E-state index contributed by atoms with van der Waals surface area (Å²) in [5, 5.41) is 17.3. The second-order valence-electron chi connectivity index (χ2n) is 2.95. The maximum atomic E-state index is 10.5. The van der Waals surface area contributed by atoms with Gasteiger partial charge in [-0.2, -0.15) is 0 Å². The Morgan fingerprint density at radius 1 is 1.17 bits per heavy atom. The lowest BCUT2D eigenvalue weighted by atomic mass is 10.2. The number of nitrogens with zero attached hydrogens (tertiary/aromatic N) is 1. The summed E-state index contributed by atoms with van der Waals surface area (Å²) in [5.41, 5.74) is 0. The Kier molecular flexibility index (Phi) is 2.32. The van der Waals surface area contributed by atoms with Crippen LogP contribution in [0.4, 0.5) is 0 Å². The molecule has 0 bridgehead atoms. The van der Waals surface area contributed by atoms with Gasteiger partial charge in [0.25, 0.3) is 0 Å². The molecule has 0 radical (unpaired) electrons. The molecule has 0 aromatic heterocycles. The zero-order chi connectivity index (χ0) is 9.30. The molecule has 1 heterocycles. The van der Waals surface area contributed by atoms with Gasteiger partial charge in [-0.05, 0) is 19.9 Å². The molecular weight excluding hydrogens is 162 g/mol. The van der Waals surface area contributed by atoms with E-state index in [0.717, 1.165) is 0 Å². The van der Waals surface area contributed by atoms with Gasteiger partial charge in [0.1, 0.15) is 12.1 Å². The van der Waals surface area contributed by atoms with Gasteiger partial charge < -0.3 is 10.2 Å². The monoisotopic (exact) mass is 173 g/mol. The molecule has 0 amide bonds. The van der Waals surface area contributed by atoms with E-state index in [1.807, 2.05) is 0 Å². The summed E-state index contributed by atoms with van der Waals surface area (Å²) in [4.78, 5) is 22.5. The normalized spacial score (nSPS) is 30.4. The van der Waals surface area contributed by atoms with E-state index < -0.39 is 24.0 Å². The van der Waals surface area contributed by atoms with Crippen molar-refractivity contribution in [3.8, 4) is 0 Å². The Balaban J connectivity index is 2.67. The molecule has 1 rings (SSSR count). The average Bonchev–Trinajstić information content (AvgIpc) is 2.30. The van der Waals surface area contributed by atoms with Crippen molar-refractivity contribution < 1.29 is 19.8 Å². The highest BCUT2D eigenvalue weighted by molar-refractivity contribution is 5.79. The van der Waals surface area contributed by atoms with E-state index >= 15 is 0 Å². The molecule has 12 heavy (non-hydrogen) atoms. The van der Waals surface area contributed by atoms with Crippen molar-refractivity contribution in [2.75, 3.05) is 7.05 Å². The molecule has 1 fully saturated rings. The van der Waals surface area contributed by atoms with Crippen molar-refractivity contribution in [3.05, 3.63) is 0 Å². The van der Waals surface area contributed by atoms with Crippen LogP contribution >= 0.6 is 0 Å². The number of hydrogen-bond donors (Lipinski definition) is 2. The molecule has 2 N–H and O–H groups in total. The number of aliphatic carboxylic acids is 2. The van der Waals surface area contributed by atoms with Gasteiger partial charge in [-0.15, -0.1) is 0 Å². The van der Waals surface area contributed by atoms with Crippen LogP contribution in [0, 0.1) is 0 Å². The second kappa shape index (κ2) is 3.10. The Labute approximate surface area is 69.6 Å². The lowest BCUT2D eigenvalue weighted by Crippen LogP contribution is -2.41. The van der Waals surface area contributed by atoms with Gasteiger partial charge in [0.2, 0.25) is 0 Å². The predicted octanol–water partition coefficient (Wildman–Crippen LogP) is -0.382. The highest BCUT2D eigenvalue weighted by Gasteiger charge is 2.38. The Morgan fingerprint density at radius 2 is 1.50 bits per heavy atom. The summed E-state index contributed by atoms with van der Waals surface area (Å²) in [6.07, 6.45) is 0.839. The molecule has 0 aliphatic carbocycles. The number of rotatable bonds is 2. The van der Waals surface area contributed by atoms with Gasteiger partial charge in [0.15, 0.2) is 0 Å². The second-order valence-corrected chi connectivity index (χ2v) is 2.95. The molecule has 0 saturated carbocycles. The van der Waals surface area contributed by atoms with Crippen molar-refractivity contribution >= 4 is 11.9 Å². The molecule has 1 aliphatic heterocycles. The third-order valence-corrected chi connectivity index (χ3v) is 2.27. The Hall–Kier alpha value is -1.10. The topological polar surface area (TPSA) is 77.8 Å². The molecule has 0 spiro atoms. The average molecular weight is 173 g/mol. The Morgan fingerprint density at radius 3 is 1.67 bits per heavy atom. The summed E-state index contributed by atoms with van der Waals surface area (Å²) in [6, 6.07) is -1.27. The van der Waals surface area contributed by atoms with Gasteiger partial charge in [0, 0.05) is 0 Å². The summed E-state index contributed by atoms with van der Waals surface area (Å²) >= 11 is 0. The zero-order valence-electron chi connectivity index (χ0n) is 6.73. The summed E-state index contributed by atoms with van der Waals surface area (Å²) in [6.45, 7) is 0. The number of carboxylic acids is 2. The third kappa shape index (κ3) is 1.40. The molecule has 2 atom stereocenters. The standard InChI is InChI=1S/C7H11NO4/c1-8-4(6(9)10)2-3-5(8)7(11)12/h4-5H,2-3H2,1H3,(H,9,10)(H,11,12). The third-order valence-electron chi connectivity index (χ3n) is 2.27. The van der Waals surface area contributed by atoms with Crippen LogP contribution in [0.25, 0.3) is 0 Å². The van der Waals surface area contributed by atoms with Crippen LogP contribution < -0.4 is 0 Å². The van der Waals surface area contributed by atoms with Crippen LogP contribution in [0.1, 0.15) is 12.8 Å². The van der Waals surface area contributed by atoms with Crippen molar-refractivity contribution in [3.63, 3.8) is 0 Å². The first kappa shape index (κ1) is 8.99. The first-order valence-electron chi connectivity index (χ1n) is 3.71. The molecule has 5 nitrogen and oxygen atoms in total. The first-order chi connectivity index (χ1) is 5.54. The summed E-state index contributed by atoms with van der Waals surface area (Å²) in [5.74, 6) is -1.89. The highest BCUT2D eigenvalue weighted by atomic mass is 16.4. The number of likely N-dealkylation sites (N-methyl/N-ethyl adjacent to an activating group) is 1. The lowest BCUT2D eigenvalue weighted by molar-refractivity contribution is -0.145. The number of likely N-dealkylation sites (tertiary alicyclic amines) is 1. The van der Waals surface area contributed by atoms with Crippen LogP contribution in [0.2, 0.25) is 0 Å². The smallest absolute Gasteiger partial charge is 0.320 e. The summed E-state index contributed by atoms with van der Waals surface area (Å²) < 4.78 is 0. The van der Waals surface area contributed by atoms with Crippen molar-refractivity contribution in [2.45, 2.75) is 24.9 Å². The predicted molar refractivity (Wildman–Crippen MR) is 39.8 cm³/mol. The molecule has 5 heteroatoms. The highest BCUT2D eigenvalue weighted by Crippen LogP contribution is 2.22. The van der Waals surface area contributed by atoms with Crippen molar-refractivity contribution in [1.82, 2.24) is 4.90 Å². The fourth-order valence-electron chi connectivity index (χ4n) is 1.54. The van der Waals surface area contributed by atoms with E-state index in [4.69, 9.17) is 10.2 Å². The molecule has 2 unspecified atom stereocenters. The number of carboxylic acid groups (broad SMARTS) is 2. The minimum absolute atomic E-state index is 0.419. The Bertz CT molecular complexity index is 193. The van der Waals surface area contributed by atoms with E-state index in [-0.39, 0.29) is 0 Å².